The van der Waals surface area contributed by atoms with Crippen LogP contribution in [0.5, 0.6) is 5.75 Å². The lowest BCUT2D eigenvalue weighted by atomic mass is 10.1. The molecule has 2 aromatic carbocycles. The van der Waals surface area contributed by atoms with E-state index in [0.717, 1.165) is 34.1 Å². The van der Waals surface area contributed by atoms with Crippen LogP contribution >= 0.6 is 34.5 Å². The molecule has 1 saturated carbocycles. The van der Waals surface area contributed by atoms with Crippen LogP contribution in [-0.2, 0) is 10.0 Å². The zero-order chi connectivity index (χ0) is 24.3. The molecule has 1 fully saturated rings. The Kier molecular flexibility index (Phi) is 7.92. The fourth-order valence-corrected chi connectivity index (χ4v) is 6.95. The molecule has 0 unspecified atom stereocenters. The van der Waals surface area contributed by atoms with Gasteiger partial charge in [-0.25, -0.2) is 13.4 Å². The van der Waals surface area contributed by atoms with E-state index < -0.39 is 10.0 Å². The highest BCUT2D eigenvalue weighted by Crippen LogP contribution is 2.38. The van der Waals surface area contributed by atoms with Crippen molar-refractivity contribution in [2.45, 2.75) is 56.4 Å². The first kappa shape index (κ1) is 25.1. The van der Waals surface area contributed by atoms with Crippen LogP contribution < -0.4 is 14.8 Å². The lowest BCUT2D eigenvalue weighted by Gasteiger charge is -2.15. The molecule has 0 radical (unpaired) electrons. The van der Waals surface area contributed by atoms with Gasteiger partial charge in [0.05, 0.1) is 28.4 Å². The number of aromatic nitrogens is 1. The molecule has 4 rings (SSSR count). The summed E-state index contributed by atoms with van der Waals surface area (Å²) in [4.78, 5) is 5.65. The summed E-state index contributed by atoms with van der Waals surface area (Å²) in [7, 11) is -2.55. The summed E-state index contributed by atoms with van der Waals surface area (Å²) in [5.74, 6) is 0.236. The normalized spacial score (nSPS) is 15.1. The number of thiazole rings is 1. The highest BCUT2D eigenvalue weighted by molar-refractivity contribution is 7.92. The van der Waals surface area contributed by atoms with E-state index in [9.17, 15) is 8.42 Å². The van der Waals surface area contributed by atoms with Crippen LogP contribution in [0, 0.1) is 6.92 Å². The van der Waals surface area contributed by atoms with Gasteiger partial charge in [0.1, 0.15) is 10.6 Å². The minimum Gasteiger partial charge on any atom is -0.495 e. The largest absolute Gasteiger partial charge is 0.495 e. The molecule has 10 heteroatoms. The third-order valence-corrected chi connectivity index (χ3v) is 8.94. The highest BCUT2D eigenvalue weighted by Gasteiger charge is 2.23. The molecule has 1 aromatic heterocycles. The number of hydrogen-bond donors (Lipinski definition) is 2. The Hall–Kier alpha value is -2.00. The lowest BCUT2D eigenvalue weighted by molar-refractivity contribution is 0.403. The zero-order valence-corrected chi connectivity index (χ0v) is 22.2. The van der Waals surface area contributed by atoms with Crippen LogP contribution in [0.4, 0.5) is 10.8 Å². The second kappa shape index (κ2) is 10.7. The number of nitrogens with zero attached hydrogens (tertiary/aromatic N) is 1. The lowest BCUT2D eigenvalue weighted by Crippen LogP contribution is -2.17. The van der Waals surface area contributed by atoms with E-state index in [-0.39, 0.29) is 21.4 Å². The maximum Gasteiger partial charge on any atom is 0.265 e. The fraction of sp³-hybridized carbons (Fsp3) is 0.375. The first-order valence-electron chi connectivity index (χ1n) is 11.2. The number of aryl methyl sites for hydroxylation is 1. The van der Waals surface area contributed by atoms with Crippen molar-refractivity contribution in [1.29, 1.82) is 0 Å². The van der Waals surface area contributed by atoms with E-state index >= 15 is 0 Å². The summed E-state index contributed by atoms with van der Waals surface area (Å²) in [5.41, 5.74) is 1.85. The zero-order valence-electron chi connectivity index (χ0n) is 19.0. The minimum absolute atomic E-state index is 0.0181. The molecule has 0 atom stereocenters. The van der Waals surface area contributed by atoms with E-state index in [0.29, 0.717) is 11.1 Å². The molecule has 0 amide bonds. The summed E-state index contributed by atoms with van der Waals surface area (Å²) < 4.78 is 34.5. The van der Waals surface area contributed by atoms with Gasteiger partial charge in [0.2, 0.25) is 0 Å². The minimum atomic E-state index is -3.99. The number of hydrogen-bond acceptors (Lipinski definition) is 6. The maximum atomic E-state index is 13.3. The van der Waals surface area contributed by atoms with E-state index in [1.54, 1.807) is 18.2 Å². The average molecular weight is 541 g/mol. The van der Waals surface area contributed by atoms with Crippen molar-refractivity contribution in [3.63, 3.8) is 0 Å². The van der Waals surface area contributed by atoms with Crippen LogP contribution in [-0.4, -0.2) is 26.6 Å². The molecule has 2 N–H and O–H groups in total. The maximum absolute atomic E-state index is 13.3. The van der Waals surface area contributed by atoms with E-state index in [2.05, 4.69) is 10.0 Å². The Balaban J connectivity index is 1.64. The van der Waals surface area contributed by atoms with E-state index in [1.807, 2.05) is 13.0 Å². The van der Waals surface area contributed by atoms with Gasteiger partial charge in [-0.15, -0.1) is 0 Å². The summed E-state index contributed by atoms with van der Waals surface area (Å²) in [6.07, 6.45) is 7.35. The van der Waals surface area contributed by atoms with Crippen molar-refractivity contribution in [2.75, 3.05) is 17.1 Å². The van der Waals surface area contributed by atoms with Gasteiger partial charge < -0.3 is 10.1 Å². The Labute approximate surface area is 214 Å². The average Bonchev–Trinajstić information content (AvgIpc) is 2.98. The standard InChI is InChI=1S/C24H27Cl2N3O3S2/c1-15-23(33-24(27-15)28-18-7-5-3-4-6-8-18)16-9-12-21(32-2)22(13-16)34(30,31)29-20-11-10-17(25)14-19(20)26/h9-14,18,29H,3-8H2,1-2H3,(H,27,28). The summed E-state index contributed by atoms with van der Waals surface area (Å²) in [6.45, 7) is 1.94. The van der Waals surface area contributed by atoms with Crippen LogP contribution in [0.2, 0.25) is 10.0 Å². The third kappa shape index (κ3) is 5.79. The van der Waals surface area contributed by atoms with Crippen molar-refractivity contribution in [2.24, 2.45) is 0 Å². The number of methoxy groups -OCH3 is 1. The van der Waals surface area contributed by atoms with Gasteiger partial charge in [-0.1, -0.05) is 60.2 Å². The molecule has 34 heavy (non-hydrogen) atoms. The first-order chi connectivity index (χ1) is 16.3. The molecule has 0 spiro atoms. The predicted octanol–water partition coefficient (Wildman–Crippen LogP) is 7.37. The van der Waals surface area contributed by atoms with Crippen LogP contribution in [0.3, 0.4) is 0 Å². The molecule has 0 saturated heterocycles. The van der Waals surface area contributed by atoms with E-state index in [4.69, 9.17) is 32.9 Å². The smallest absolute Gasteiger partial charge is 0.265 e. The molecule has 3 aromatic rings. The number of sulfonamides is 1. The topological polar surface area (TPSA) is 80.3 Å². The predicted molar refractivity (Wildman–Crippen MR) is 141 cm³/mol. The Morgan fingerprint density at radius 3 is 2.47 bits per heavy atom. The number of rotatable bonds is 7. The van der Waals surface area contributed by atoms with Gasteiger partial charge in [-0.3, -0.25) is 4.72 Å². The van der Waals surface area contributed by atoms with Crippen molar-refractivity contribution in [3.8, 4) is 16.2 Å². The summed E-state index contributed by atoms with van der Waals surface area (Å²) in [6, 6.07) is 10.1. The number of nitrogens with one attached hydrogen (secondary N) is 2. The molecule has 0 bridgehead atoms. The van der Waals surface area contributed by atoms with Gasteiger partial charge in [-0.2, -0.15) is 0 Å². The van der Waals surface area contributed by atoms with Crippen molar-refractivity contribution in [3.05, 3.63) is 52.1 Å². The molecule has 1 aliphatic rings. The summed E-state index contributed by atoms with van der Waals surface area (Å²) >= 11 is 13.7. The summed E-state index contributed by atoms with van der Waals surface area (Å²) in [5, 5.41) is 5.08. The van der Waals surface area contributed by atoms with Crippen molar-refractivity contribution < 1.29 is 13.2 Å². The Bertz CT molecular complexity index is 1270. The monoisotopic (exact) mass is 539 g/mol. The number of benzene rings is 2. The second-order valence-electron chi connectivity index (χ2n) is 8.36. The Morgan fingerprint density at radius 2 is 1.79 bits per heavy atom. The van der Waals surface area contributed by atoms with E-state index in [1.165, 1.54) is 56.3 Å². The number of ether oxygens (including phenoxy) is 1. The third-order valence-electron chi connectivity index (χ3n) is 5.87. The quantitative estimate of drug-likeness (QED) is 0.306. The van der Waals surface area contributed by atoms with Crippen LogP contribution in [0.25, 0.3) is 10.4 Å². The Morgan fingerprint density at radius 1 is 1.06 bits per heavy atom. The molecule has 0 aliphatic heterocycles. The van der Waals surface area contributed by atoms with Gasteiger partial charge in [0.15, 0.2) is 5.13 Å². The van der Waals surface area contributed by atoms with Gasteiger partial charge in [0.25, 0.3) is 10.0 Å². The SMILES string of the molecule is COc1ccc(-c2sc(NC3CCCCCC3)nc2C)cc1S(=O)(=O)Nc1ccc(Cl)cc1Cl. The number of anilines is 2. The molecular weight excluding hydrogens is 513 g/mol. The van der Waals surface area contributed by atoms with Crippen molar-refractivity contribution >= 4 is 55.4 Å². The van der Waals surface area contributed by atoms with Crippen LogP contribution in [0.15, 0.2) is 41.3 Å². The fourth-order valence-electron chi connectivity index (χ4n) is 4.12. The molecular formula is C24H27Cl2N3O3S2. The van der Waals surface area contributed by atoms with Gasteiger partial charge >= 0.3 is 0 Å². The second-order valence-corrected chi connectivity index (χ2v) is 11.9. The number of halogens is 2. The van der Waals surface area contributed by atoms with Crippen molar-refractivity contribution in [1.82, 2.24) is 4.98 Å². The van der Waals surface area contributed by atoms with Gasteiger partial charge in [0, 0.05) is 11.1 Å². The molecule has 1 aliphatic carbocycles. The van der Waals surface area contributed by atoms with Gasteiger partial charge in [-0.05, 0) is 61.7 Å². The molecule has 6 nitrogen and oxygen atoms in total. The van der Waals surface area contributed by atoms with Crippen LogP contribution in [0.1, 0.15) is 44.2 Å². The first-order valence-corrected chi connectivity index (χ1v) is 14.2. The molecule has 182 valence electrons. The highest BCUT2D eigenvalue weighted by atomic mass is 35.5. The molecule has 1 heterocycles.